The maximum Gasteiger partial charge on any atom is 0.409 e. The number of hydroxylamine groups is 2. The summed E-state index contributed by atoms with van der Waals surface area (Å²) in [6.07, 6.45) is 5.35. The number of nitrogens with zero attached hydrogens (tertiary/aromatic N) is 5. The molecule has 3 aliphatic rings. The summed E-state index contributed by atoms with van der Waals surface area (Å²) < 4.78 is 10.1. The maximum atomic E-state index is 14.2. The van der Waals surface area contributed by atoms with Crippen molar-refractivity contribution >= 4 is 34.8 Å². The Balaban J connectivity index is 1.35. The molecule has 0 bridgehead atoms. The predicted octanol–water partition coefficient (Wildman–Crippen LogP) is 4.11. The Bertz CT molecular complexity index is 1460. The molecule has 5 rings (SSSR count). The highest BCUT2D eigenvalue weighted by molar-refractivity contribution is 5.94. The van der Waals surface area contributed by atoms with Crippen molar-refractivity contribution in [2.45, 2.75) is 77.8 Å². The van der Waals surface area contributed by atoms with Crippen LogP contribution in [0.15, 0.2) is 24.3 Å². The molecule has 1 aromatic carbocycles. The number of carboxylic acid groups (broad SMARTS) is 1. The number of rotatable bonds is 10. The number of hydrogen-bond donors (Lipinski definition) is 1. The van der Waals surface area contributed by atoms with Gasteiger partial charge in [-0.05, 0) is 63.1 Å². The quantitative estimate of drug-likeness (QED) is 0.228. The third kappa shape index (κ3) is 6.81. The molecule has 1 saturated carbocycles. The standard InChI is InChI=1S/C33H45N5O8/c1-4-6-17-45-33(43)35-13-15-36(16-14-35)38(44,5-2)31(40)26-20-29(24-12-11-22(3)18-25(24)34-26)46-21-30(39)37-27-10-8-7-9-23(27)19-28(37)32(41)42/h11-12,18,20,23,27-28H,4-10,13-17,19,21H2,1-3H3,(H,41,42)/t23-,27-,28+,38?/m1/s1. The highest BCUT2D eigenvalue weighted by Crippen LogP contribution is 2.40. The number of piperazine rings is 1. The zero-order valence-corrected chi connectivity index (χ0v) is 27.0. The van der Waals surface area contributed by atoms with E-state index in [-0.39, 0.29) is 56.1 Å². The van der Waals surface area contributed by atoms with Gasteiger partial charge in [0.2, 0.25) is 0 Å². The van der Waals surface area contributed by atoms with Crippen LogP contribution in [0.1, 0.15) is 74.8 Å². The monoisotopic (exact) mass is 639 g/mol. The van der Waals surface area contributed by atoms with Crippen LogP contribution in [-0.4, -0.2) is 112 Å². The van der Waals surface area contributed by atoms with Gasteiger partial charge < -0.3 is 29.6 Å². The Morgan fingerprint density at radius 1 is 1.07 bits per heavy atom. The van der Waals surface area contributed by atoms with Crippen LogP contribution < -0.4 is 4.74 Å². The van der Waals surface area contributed by atoms with E-state index in [1.54, 1.807) is 24.0 Å². The first kappa shape index (κ1) is 33.6. The van der Waals surface area contributed by atoms with Gasteiger partial charge >= 0.3 is 18.0 Å². The third-order valence-electron chi connectivity index (χ3n) is 9.60. The molecule has 1 unspecified atom stereocenters. The molecule has 1 N–H and O–H groups in total. The van der Waals surface area contributed by atoms with Crippen molar-refractivity contribution < 1.29 is 38.5 Å². The Kier molecular flexibility index (Phi) is 10.4. The Morgan fingerprint density at radius 2 is 1.80 bits per heavy atom. The number of fused-ring (bicyclic) bond motifs is 2. The molecular formula is C33H45N5O8. The molecule has 250 valence electrons. The average molecular weight is 640 g/mol. The fourth-order valence-electron chi connectivity index (χ4n) is 7.04. The fraction of sp³-hybridized carbons (Fsp3) is 0.606. The Hall–Kier alpha value is -3.81. The first-order valence-electron chi connectivity index (χ1n) is 16.5. The van der Waals surface area contributed by atoms with Crippen molar-refractivity contribution in [2.24, 2.45) is 5.92 Å². The van der Waals surface area contributed by atoms with E-state index in [1.165, 1.54) is 16.0 Å². The zero-order valence-electron chi connectivity index (χ0n) is 27.0. The molecule has 4 atom stereocenters. The molecular weight excluding hydrogens is 594 g/mol. The molecule has 13 heteroatoms. The number of quaternary nitrogens is 1. The summed E-state index contributed by atoms with van der Waals surface area (Å²) in [7, 11) is 0. The number of aliphatic carboxylic acids is 1. The van der Waals surface area contributed by atoms with E-state index in [0.717, 1.165) is 44.1 Å². The summed E-state index contributed by atoms with van der Waals surface area (Å²) in [4.78, 5) is 59.5. The van der Waals surface area contributed by atoms with Gasteiger partial charge in [0, 0.05) is 30.6 Å². The van der Waals surface area contributed by atoms with Gasteiger partial charge in [0.1, 0.15) is 18.3 Å². The van der Waals surface area contributed by atoms with Crippen molar-refractivity contribution in [1.82, 2.24) is 19.8 Å². The lowest BCUT2D eigenvalue weighted by Crippen LogP contribution is -2.65. The van der Waals surface area contributed by atoms with Gasteiger partial charge in [-0.3, -0.25) is 4.79 Å². The zero-order chi connectivity index (χ0) is 33.0. The lowest BCUT2D eigenvalue weighted by atomic mass is 9.85. The van der Waals surface area contributed by atoms with Gasteiger partial charge in [-0.2, -0.15) is 0 Å². The minimum absolute atomic E-state index is 0.0872. The topological polar surface area (TPSA) is 153 Å². The molecule has 0 radical (unpaired) electrons. The second-order valence-corrected chi connectivity index (χ2v) is 12.5. The molecule has 2 saturated heterocycles. The summed E-state index contributed by atoms with van der Waals surface area (Å²) >= 11 is 0. The number of benzene rings is 1. The van der Waals surface area contributed by atoms with Crippen molar-refractivity contribution in [1.29, 1.82) is 0 Å². The van der Waals surface area contributed by atoms with Crippen molar-refractivity contribution in [2.75, 3.05) is 45.9 Å². The summed E-state index contributed by atoms with van der Waals surface area (Å²) in [6, 6.07) is 5.82. The van der Waals surface area contributed by atoms with E-state index in [2.05, 4.69) is 4.98 Å². The smallest absolute Gasteiger partial charge is 0.409 e. The molecule has 2 aliphatic heterocycles. The van der Waals surface area contributed by atoms with E-state index < -0.39 is 41.3 Å². The first-order chi connectivity index (χ1) is 22.1. The number of aryl methyl sites for hydroxylation is 1. The third-order valence-corrected chi connectivity index (χ3v) is 9.60. The normalized spacial score (nSPS) is 23.1. The molecule has 1 aromatic heterocycles. The lowest BCUT2D eigenvalue weighted by Gasteiger charge is -2.48. The maximum absolute atomic E-state index is 14.2. The van der Waals surface area contributed by atoms with Crippen molar-refractivity contribution in [3.63, 3.8) is 0 Å². The van der Waals surface area contributed by atoms with Crippen LogP contribution in [-0.2, 0) is 14.3 Å². The molecule has 1 aliphatic carbocycles. The van der Waals surface area contributed by atoms with Crippen LogP contribution in [0, 0.1) is 18.0 Å². The molecule has 3 amide bonds. The fourth-order valence-corrected chi connectivity index (χ4v) is 7.04. The number of amides is 3. The van der Waals surface area contributed by atoms with Crippen molar-refractivity contribution in [3.8, 4) is 5.75 Å². The largest absolute Gasteiger partial charge is 0.604 e. The van der Waals surface area contributed by atoms with Crippen molar-refractivity contribution in [3.05, 3.63) is 40.7 Å². The Labute approximate surface area is 269 Å². The number of ether oxygens (including phenoxy) is 2. The van der Waals surface area contributed by atoms with E-state index >= 15 is 0 Å². The minimum atomic E-state index is -1.29. The van der Waals surface area contributed by atoms with E-state index in [4.69, 9.17) is 9.47 Å². The van der Waals surface area contributed by atoms with Gasteiger partial charge in [0.15, 0.2) is 12.3 Å². The van der Waals surface area contributed by atoms with Gasteiger partial charge in [-0.25, -0.2) is 24.1 Å². The van der Waals surface area contributed by atoms with Crippen LogP contribution in [0.25, 0.3) is 10.9 Å². The molecule has 13 nitrogen and oxygen atoms in total. The highest BCUT2D eigenvalue weighted by atomic mass is 16.6. The van der Waals surface area contributed by atoms with Gasteiger partial charge in [-0.15, -0.1) is 5.01 Å². The number of pyridine rings is 1. The van der Waals surface area contributed by atoms with Crippen LogP contribution in [0.5, 0.6) is 5.75 Å². The molecule has 0 spiro atoms. The second kappa shape index (κ2) is 14.3. The summed E-state index contributed by atoms with van der Waals surface area (Å²) in [5.41, 5.74) is 1.22. The van der Waals surface area contributed by atoms with Crippen LogP contribution in [0.4, 0.5) is 4.79 Å². The highest BCUT2D eigenvalue weighted by Gasteiger charge is 2.47. The van der Waals surface area contributed by atoms with Crippen LogP contribution >= 0.6 is 0 Å². The predicted molar refractivity (Wildman–Crippen MR) is 169 cm³/mol. The van der Waals surface area contributed by atoms with E-state index in [0.29, 0.717) is 23.9 Å². The van der Waals surface area contributed by atoms with Crippen LogP contribution in [0.2, 0.25) is 0 Å². The number of unbranched alkanes of at least 4 members (excludes halogenated alkanes) is 1. The molecule has 3 fully saturated rings. The van der Waals surface area contributed by atoms with Gasteiger partial charge in [0.25, 0.3) is 5.91 Å². The lowest BCUT2D eigenvalue weighted by molar-refractivity contribution is -0.921. The molecule has 3 heterocycles. The molecule has 2 aromatic rings. The first-order valence-corrected chi connectivity index (χ1v) is 16.5. The van der Waals surface area contributed by atoms with Crippen LogP contribution in [0.3, 0.4) is 0 Å². The van der Waals surface area contributed by atoms with E-state index in [1.807, 2.05) is 19.9 Å². The minimum Gasteiger partial charge on any atom is -0.604 e. The number of carbonyl (C=O) groups excluding carboxylic acids is 3. The summed E-state index contributed by atoms with van der Waals surface area (Å²) in [5, 5.41) is 26.1. The molecule has 46 heavy (non-hydrogen) atoms. The summed E-state index contributed by atoms with van der Waals surface area (Å²) in [5.74, 6) is -1.83. The number of carbonyl (C=O) groups is 4. The number of carboxylic acids is 1. The van der Waals surface area contributed by atoms with E-state index in [9.17, 15) is 29.5 Å². The number of hydrogen-bond acceptors (Lipinski definition) is 9. The number of likely N-dealkylation sites (tertiary alicyclic amines) is 1. The van der Waals surface area contributed by atoms with Gasteiger partial charge in [-0.1, -0.05) is 32.3 Å². The number of aromatic nitrogens is 1. The summed E-state index contributed by atoms with van der Waals surface area (Å²) in [6.45, 7) is 6.22. The average Bonchev–Trinajstić information content (AvgIpc) is 3.46. The Morgan fingerprint density at radius 3 is 2.50 bits per heavy atom. The SMILES string of the molecule is CCCCOC(=O)N1CCN([N+]([O-])(CC)C(=O)c2cc(OCC(=O)N3[C@@H]4CCCC[C@@H]4C[C@H]3C(=O)O)c3ccc(C)cc3n2)CC1. The second-order valence-electron chi connectivity index (χ2n) is 12.5. The van der Waals surface area contributed by atoms with Gasteiger partial charge in [0.05, 0.1) is 25.2 Å².